The molecule has 0 spiro atoms. The molecule has 0 aliphatic carbocycles. The second-order valence-corrected chi connectivity index (χ2v) is 5.43. The summed E-state index contributed by atoms with van der Waals surface area (Å²) in [5.41, 5.74) is 1.29. The fourth-order valence-corrected chi connectivity index (χ4v) is 2.72. The van der Waals surface area contributed by atoms with E-state index in [1.165, 1.54) is 5.56 Å². The molecule has 2 heterocycles. The van der Waals surface area contributed by atoms with Crippen LogP contribution in [0, 0.1) is 5.92 Å². The maximum Gasteiger partial charge on any atom is 0.0599 e. The van der Waals surface area contributed by atoms with Crippen molar-refractivity contribution in [3.05, 3.63) is 30.1 Å². The molecule has 0 aromatic carbocycles. The van der Waals surface area contributed by atoms with Crippen LogP contribution >= 0.6 is 0 Å². The highest BCUT2D eigenvalue weighted by Crippen LogP contribution is 2.15. The lowest BCUT2D eigenvalue weighted by atomic mass is 10.1. The molecule has 0 radical (unpaired) electrons. The number of hydrogen-bond donors (Lipinski definition) is 1. The molecule has 1 aliphatic heterocycles. The Morgan fingerprint density at radius 1 is 1.28 bits per heavy atom. The van der Waals surface area contributed by atoms with Gasteiger partial charge in [0.25, 0.3) is 0 Å². The number of aliphatic hydroxyl groups is 1. The number of rotatable bonds is 3. The summed E-state index contributed by atoms with van der Waals surface area (Å²) in [5.74, 6) is 0.633. The van der Waals surface area contributed by atoms with Gasteiger partial charge in [0.15, 0.2) is 0 Å². The molecule has 1 fully saturated rings. The third-order valence-corrected chi connectivity index (χ3v) is 3.63. The lowest BCUT2D eigenvalue weighted by molar-refractivity contribution is 0.128. The van der Waals surface area contributed by atoms with Gasteiger partial charge in [-0.1, -0.05) is 6.92 Å². The minimum Gasteiger partial charge on any atom is -0.395 e. The number of hydrogen-bond acceptors (Lipinski definition) is 4. The summed E-state index contributed by atoms with van der Waals surface area (Å²) in [4.78, 5) is 8.76. The number of aromatic nitrogens is 1. The van der Waals surface area contributed by atoms with E-state index in [1.54, 1.807) is 0 Å². The van der Waals surface area contributed by atoms with Gasteiger partial charge in [-0.2, -0.15) is 0 Å². The van der Waals surface area contributed by atoms with Crippen molar-refractivity contribution in [2.45, 2.75) is 19.5 Å². The molecule has 0 bridgehead atoms. The minimum atomic E-state index is 0.232. The Bertz CT molecular complexity index is 357. The van der Waals surface area contributed by atoms with Crippen LogP contribution in [0.5, 0.6) is 0 Å². The zero-order chi connectivity index (χ0) is 13.0. The summed E-state index contributed by atoms with van der Waals surface area (Å²) in [7, 11) is 2.10. The summed E-state index contributed by atoms with van der Waals surface area (Å²) in [6.07, 6.45) is 3.68. The Morgan fingerprint density at radius 2 is 2.00 bits per heavy atom. The smallest absolute Gasteiger partial charge is 0.0599 e. The lowest BCUT2D eigenvalue weighted by Gasteiger charge is -2.27. The van der Waals surface area contributed by atoms with E-state index < -0.39 is 0 Å². The molecule has 4 nitrogen and oxygen atoms in total. The predicted molar refractivity (Wildman–Crippen MR) is 72.2 cm³/mol. The van der Waals surface area contributed by atoms with E-state index in [2.05, 4.69) is 40.9 Å². The second kappa shape index (κ2) is 6.27. The fraction of sp³-hybridized carbons (Fsp3) is 0.643. The first-order chi connectivity index (χ1) is 8.69. The number of nitrogens with zero attached hydrogens (tertiary/aromatic N) is 3. The van der Waals surface area contributed by atoms with Gasteiger partial charge in [0.2, 0.25) is 0 Å². The molecule has 2 atom stereocenters. The molecule has 0 amide bonds. The average molecular weight is 249 g/mol. The summed E-state index contributed by atoms with van der Waals surface area (Å²) in [5, 5.41) is 9.48. The monoisotopic (exact) mass is 249 g/mol. The molecule has 2 unspecified atom stereocenters. The van der Waals surface area contributed by atoms with Crippen LogP contribution in [0.4, 0.5) is 0 Å². The first kappa shape index (κ1) is 13.5. The van der Waals surface area contributed by atoms with E-state index in [9.17, 15) is 5.11 Å². The Hall–Kier alpha value is -0.970. The van der Waals surface area contributed by atoms with Gasteiger partial charge in [0, 0.05) is 44.6 Å². The highest BCUT2D eigenvalue weighted by atomic mass is 16.3. The highest BCUT2D eigenvalue weighted by Gasteiger charge is 2.25. The summed E-state index contributed by atoms with van der Waals surface area (Å²) >= 11 is 0. The van der Waals surface area contributed by atoms with Crippen molar-refractivity contribution in [2.24, 2.45) is 5.92 Å². The Balaban J connectivity index is 2.02. The molecular formula is C14H23N3O. The minimum absolute atomic E-state index is 0.232. The summed E-state index contributed by atoms with van der Waals surface area (Å²) in [6.45, 7) is 6.52. The van der Waals surface area contributed by atoms with Crippen LogP contribution in [-0.4, -0.2) is 59.2 Å². The van der Waals surface area contributed by atoms with Crippen LogP contribution in [0.25, 0.3) is 0 Å². The van der Waals surface area contributed by atoms with E-state index >= 15 is 0 Å². The van der Waals surface area contributed by atoms with Crippen molar-refractivity contribution in [2.75, 3.05) is 33.3 Å². The van der Waals surface area contributed by atoms with Crippen LogP contribution in [0.15, 0.2) is 24.5 Å². The van der Waals surface area contributed by atoms with Gasteiger partial charge in [-0.05, 0) is 30.7 Å². The number of pyridine rings is 1. The molecule has 1 N–H and O–H groups in total. The molecule has 1 saturated heterocycles. The third-order valence-electron chi connectivity index (χ3n) is 3.63. The quantitative estimate of drug-likeness (QED) is 0.861. The largest absolute Gasteiger partial charge is 0.395 e. The van der Waals surface area contributed by atoms with Gasteiger partial charge >= 0.3 is 0 Å². The van der Waals surface area contributed by atoms with Crippen molar-refractivity contribution in [1.82, 2.24) is 14.8 Å². The molecule has 2 rings (SSSR count). The normalized spacial score (nSPS) is 27.1. The van der Waals surface area contributed by atoms with Crippen LogP contribution in [0.1, 0.15) is 12.5 Å². The zero-order valence-corrected chi connectivity index (χ0v) is 11.3. The van der Waals surface area contributed by atoms with Crippen LogP contribution in [0.3, 0.4) is 0 Å². The molecule has 1 aliphatic rings. The van der Waals surface area contributed by atoms with Gasteiger partial charge < -0.3 is 5.11 Å². The SMILES string of the molecule is CC1CN(Cc2ccncc2)CC(CO)N(C)C1. The zero-order valence-electron chi connectivity index (χ0n) is 11.3. The third kappa shape index (κ3) is 3.51. The van der Waals surface area contributed by atoms with Gasteiger partial charge in [-0.3, -0.25) is 14.8 Å². The van der Waals surface area contributed by atoms with E-state index in [1.807, 2.05) is 12.4 Å². The van der Waals surface area contributed by atoms with E-state index in [-0.39, 0.29) is 12.6 Å². The summed E-state index contributed by atoms with van der Waals surface area (Å²) < 4.78 is 0. The number of likely N-dealkylation sites (N-methyl/N-ethyl adjacent to an activating group) is 1. The van der Waals surface area contributed by atoms with Crippen molar-refractivity contribution in [1.29, 1.82) is 0 Å². The molecule has 1 aromatic rings. The average Bonchev–Trinajstić information content (AvgIpc) is 2.49. The van der Waals surface area contributed by atoms with Gasteiger partial charge in [-0.15, -0.1) is 0 Å². The first-order valence-electron chi connectivity index (χ1n) is 6.61. The molecule has 100 valence electrons. The highest BCUT2D eigenvalue weighted by molar-refractivity contribution is 5.09. The van der Waals surface area contributed by atoms with Gasteiger partial charge in [-0.25, -0.2) is 0 Å². The van der Waals surface area contributed by atoms with Crippen molar-refractivity contribution >= 4 is 0 Å². The second-order valence-electron chi connectivity index (χ2n) is 5.43. The molecule has 0 saturated carbocycles. The molecule has 4 heteroatoms. The van der Waals surface area contributed by atoms with E-state index in [0.29, 0.717) is 5.92 Å². The van der Waals surface area contributed by atoms with Crippen molar-refractivity contribution in [3.63, 3.8) is 0 Å². The maximum absolute atomic E-state index is 9.48. The van der Waals surface area contributed by atoms with Gasteiger partial charge in [0.1, 0.15) is 0 Å². The van der Waals surface area contributed by atoms with Crippen molar-refractivity contribution < 1.29 is 5.11 Å². The maximum atomic E-state index is 9.48. The Kier molecular flexibility index (Phi) is 4.69. The van der Waals surface area contributed by atoms with Gasteiger partial charge in [0.05, 0.1) is 6.61 Å². The van der Waals surface area contributed by atoms with E-state index in [4.69, 9.17) is 0 Å². The van der Waals surface area contributed by atoms with E-state index in [0.717, 1.165) is 26.2 Å². The van der Waals surface area contributed by atoms with Crippen molar-refractivity contribution in [3.8, 4) is 0 Å². The number of aliphatic hydroxyl groups excluding tert-OH is 1. The standard InChI is InChI=1S/C14H23N3O/c1-12-7-16(2)14(11-18)10-17(8-12)9-13-3-5-15-6-4-13/h3-6,12,14,18H,7-11H2,1-2H3. The molecule has 18 heavy (non-hydrogen) atoms. The fourth-order valence-electron chi connectivity index (χ4n) is 2.72. The Morgan fingerprint density at radius 3 is 2.67 bits per heavy atom. The predicted octanol–water partition coefficient (Wildman–Crippen LogP) is 0.826. The topological polar surface area (TPSA) is 39.6 Å². The Labute approximate surface area is 109 Å². The molecular weight excluding hydrogens is 226 g/mol. The lowest BCUT2D eigenvalue weighted by Crippen LogP contribution is -2.41. The first-order valence-corrected chi connectivity index (χ1v) is 6.61. The van der Waals surface area contributed by atoms with Crippen LogP contribution in [-0.2, 0) is 6.54 Å². The van der Waals surface area contributed by atoms with Crippen LogP contribution in [0.2, 0.25) is 0 Å². The molecule has 1 aromatic heterocycles. The van der Waals surface area contributed by atoms with Crippen LogP contribution < -0.4 is 0 Å². The summed E-state index contributed by atoms with van der Waals surface area (Å²) in [6, 6.07) is 4.37.